The van der Waals surface area contributed by atoms with Crippen molar-refractivity contribution in [1.29, 1.82) is 0 Å². The highest BCUT2D eigenvalue weighted by Gasteiger charge is 1.95. The Bertz CT molecular complexity index is 48.8. The van der Waals surface area contributed by atoms with Crippen LogP contribution < -0.4 is 0 Å². The van der Waals surface area contributed by atoms with E-state index in [-0.39, 0.29) is 0 Å². The number of rotatable bonds is 2. The fourth-order valence-corrected chi connectivity index (χ4v) is 0.598. The van der Waals surface area contributed by atoms with Gasteiger partial charge in [0.2, 0.25) is 0 Å². The van der Waals surface area contributed by atoms with Gasteiger partial charge in [0.1, 0.15) is 0 Å². The molecule has 0 spiro atoms. The second kappa shape index (κ2) is 9.88. The number of unbranched alkanes of at least 4 members (excludes halogenated alkanes) is 1. The van der Waals surface area contributed by atoms with Crippen molar-refractivity contribution in [2.45, 2.75) is 32.6 Å². The van der Waals surface area contributed by atoms with Crippen molar-refractivity contribution in [2.24, 2.45) is 0 Å². The number of hydrogen-bond donors (Lipinski definition) is 1. The Morgan fingerprint density at radius 3 is 1.82 bits per heavy atom. The molecule has 0 aromatic carbocycles. The van der Waals surface area contributed by atoms with Crippen molar-refractivity contribution in [3.8, 4) is 0 Å². The van der Waals surface area contributed by atoms with Crippen molar-refractivity contribution >= 4 is 0 Å². The molecule has 0 atom stereocenters. The van der Waals surface area contributed by atoms with Crippen LogP contribution in [0.25, 0.3) is 0 Å². The zero-order valence-corrected chi connectivity index (χ0v) is 7.21. The predicted molar refractivity (Wildman–Crippen MR) is 43.1 cm³/mol. The quantitative estimate of drug-likeness (QED) is 0.625. The van der Waals surface area contributed by atoms with Crippen LogP contribution in [0.3, 0.4) is 0 Å². The summed E-state index contributed by atoms with van der Waals surface area (Å²) in [7, 11) is 0. The molecular weight excluding hydrogens is 144 g/mol. The van der Waals surface area contributed by atoms with Gasteiger partial charge in [0.25, 0.3) is 0 Å². The second-order valence-electron chi connectivity index (χ2n) is 2.43. The summed E-state index contributed by atoms with van der Waals surface area (Å²) >= 11 is 0. The number of aliphatic hydroxyl groups excluding tert-OH is 1. The first-order valence-electron chi connectivity index (χ1n) is 4.27. The normalized spacial score (nSPS) is 16.9. The van der Waals surface area contributed by atoms with Gasteiger partial charge in [0, 0.05) is 6.61 Å². The van der Waals surface area contributed by atoms with Crippen molar-refractivity contribution < 1.29 is 14.9 Å². The Morgan fingerprint density at radius 1 is 1.18 bits per heavy atom. The van der Waals surface area contributed by atoms with E-state index in [1.165, 1.54) is 0 Å². The average Bonchev–Trinajstić information content (AvgIpc) is 2.10. The molecule has 0 saturated carbocycles. The molecule has 68 valence electrons. The van der Waals surface area contributed by atoms with Crippen LogP contribution in [0.15, 0.2) is 0 Å². The van der Waals surface area contributed by atoms with Gasteiger partial charge in [0.15, 0.2) is 0 Å². The Balaban J connectivity index is 0.000000187. The summed E-state index contributed by atoms with van der Waals surface area (Å²) < 4.78 is 0. The average molecular weight is 162 g/mol. The van der Waals surface area contributed by atoms with Crippen LogP contribution in [0.1, 0.15) is 32.6 Å². The smallest absolute Gasteiger partial charge is 0.0823 e. The fourth-order valence-electron chi connectivity index (χ4n) is 0.598. The Hall–Kier alpha value is -0.120. The molecule has 1 fully saturated rings. The molecular formula is C8H18O3. The molecule has 0 amide bonds. The maximum atomic E-state index is 8.07. The predicted octanol–water partition coefficient (Wildman–Crippen LogP) is 1.51. The van der Waals surface area contributed by atoms with E-state index in [1.807, 2.05) is 0 Å². The summed E-state index contributed by atoms with van der Waals surface area (Å²) in [6.45, 7) is 3.95. The maximum Gasteiger partial charge on any atom is 0.0823 e. The second-order valence-corrected chi connectivity index (χ2v) is 2.43. The molecule has 11 heavy (non-hydrogen) atoms. The van der Waals surface area contributed by atoms with Crippen molar-refractivity contribution in [3.05, 3.63) is 0 Å². The Labute approximate surface area is 68.2 Å². The minimum absolute atomic E-state index is 0.344. The van der Waals surface area contributed by atoms with Crippen LogP contribution in [0, 0.1) is 0 Å². The van der Waals surface area contributed by atoms with E-state index in [9.17, 15) is 0 Å². The van der Waals surface area contributed by atoms with Gasteiger partial charge in [-0.3, -0.25) is 0 Å². The first kappa shape index (κ1) is 10.9. The highest BCUT2D eigenvalue weighted by molar-refractivity contribution is 4.36. The third kappa shape index (κ3) is 9.88. The van der Waals surface area contributed by atoms with Gasteiger partial charge in [-0.05, 0) is 19.3 Å². The summed E-state index contributed by atoms with van der Waals surface area (Å²) in [5, 5.41) is 8.07. The standard InChI is InChI=1S/C4H8O2.C4H10O/c1-2-4-6-5-3-1;1-2-3-4-5/h1-4H2;5H,2-4H2,1H3. The third-order valence-electron chi connectivity index (χ3n) is 1.30. The minimum atomic E-state index is 0.344. The zero-order valence-electron chi connectivity index (χ0n) is 7.21. The van der Waals surface area contributed by atoms with Gasteiger partial charge in [-0.15, -0.1) is 0 Å². The molecule has 0 bridgehead atoms. The van der Waals surface area contributed by atoms with Gasteiger partial charge in [-0.1, -0.05) is 13.3 Å². The molecule has 1 saturated heterocycles. The van der Waals surface area contributed by atoms with E-state index in [1.54, 1.807) is 0 Å². The molecule has 1 aliphatic rings. The van der Waals surface area contributed by atoms with Crippen LogP contribution in [0.4, 0.5) is 0 Å². The monoisotopic (exact) mass is 162 g/mol. The van der Waals surface area contributed by atoms with Crippen molar-refractivity contribution in [3.63, 3.8) is 0 Å². The highest BCUT2D eigenvalue weighted by atomic mass is 17.2. The lowest BCUT2D eigenvalue weighted by molar-refractivity contribution is -0.312. The lowest BCUT2D eigenvalue weighted by Crippen LogP contribution is -2.05. The summed E-state index contributed by atoms with van der Waals surface area (Å²) in [6, 6.07) is 0. The first-order chi connectivity index (χ1) is 5.41. The molecule has 3 nitrogen and oxygen atoms in total. The van der Waals surface area contributed by atoms with E-state index < -0.39 is 0 Å². The molecule has 1 rings (SSSR count). The summed E-state index contributed by atoms with van der Waals surface area (Å²) in [5.74, 6) is 0. The summed E-state index contributed by atoms with van der Waals surface area (Å²) in [6.07, 6.45) is 4.34. The largest absolute Gasteiger partial charge is 0.396 e. The third-order valence-corrected chi connectivity index (χ3v) is 1.30. The van der Waals surface area contributed by atoms with Crippen LogP contribution in [-0.4, -0.2) is 24.9 Å². The zero-order chi connectivity index (χ0) is 8.36. The molecule has 1 N–H and O–H groups in total. The van der Waals surface area contributed by atoms with E-state index in [4.69, 9.17) is 5.11 Å². The molecule has 0 radical (unpaired) electrons. The van der Waals surface area contributed by atoms with E-state index in [0.717, 1.165) is 38.9 Å². The van der Waals surface area contributed by atoms with Crippen molar-refractivity contribution in [2.75, 3.05) is 19.8 Å². The number of hydrogen-bond acceptors (Lipinski definition) is 3. The molecule has 0 aromatic rings. The van der Waals surface area contributed by atoms with E-state index in [2.05, 4.69) is 16.7 Å². The number of aliphatic hydroxyl groups is 1. The Morgan fingerprint density at radius 2 is 1.73 bits per heavy atom. The molecule has 0 aliphatic carbocycles. The SMILES string of the molecule is C1CCOOC1.CCCCO. The lowest BCUT2D eigenvalue weighted by Gasteiger charge is -2.07. The van der Waals surface area contributed by atoms with Crippen molar-refractivity contribution in [1.82, 2.24) is 0 Å². The van der Waals surface area contributed by atoms with Crippen LogP contribution >= 0.6 is 0 Å². The first-order valence-corrected chi connectivity index (χ1v) is 4.27. The molecule has 1 aliphatic heterocycles. The lowest BCUT2D eigenvalue weighted by atomic mass is 10.3. The van der Waals surface area contributed by atoms with Crippen LogP contribution in [0.5, 0.6) is 0 Å². The van der Waals surface area contributed by atoms with Gasteiger partial charge in [0.05, 0.1) is 13.2 Å². The summed E-state index contributed by atoms with van der Waals surface area (Å²) in [4.78, 5) is 9.14. The van der Waals surface area contributed by atoms with Crippen LogP contribution in [0.2, 0.25) is 0 Å². The topological polar surface area (TPSA) is 38.7 Å². The molecule has 3 heteroatoms. The minimum Gasteiger partial charge on any atom is -0.396 e. The van der Waals surface area contributed by atoms with Crippen LogP contribution in [-0.2, 0) is 9.78 Å². The van der Waals surface area contributed by atoms with Gasteiger partial charge in [-0.2, -0.15) is 0 Å². The molecule has 1 heterocycles. The van der Waals surface area contributed by atoms with Gasteiger partial charge >= 0.3 is 0 Å². The summed E-state index contributed by atoms with van der Waals surface area (Å²) in [5.41, 5.74) is 0. The maximum absolute atomic E-state index is 8.07. The van der Waals surface area contributed by atoms with E-state index in [0.29, 0.717) is 6.61 Å². The van der Waals surface area contributed by atoms with Gasteiger partial charge < -0.3 is 5.11 Å². The molecule has 0 aromatic heterocycles. The Kier molecular flexibility index (Phi) is 9.77. The highest BCUT2D eigenvalue weighted by Crippen LogP contribution is 1.97. The van der Waals surface area contributed by atoms with E-state index >= 15 is 0 Å². The van der Waals surface area contributed by atoms with Gasteiger partial charge in [-0.25, -0.2) is 9.78 Å². The fraction of sp³-hybridized carbons (Fsp3) is 1.00. The molecule has 0 unspecified atom stereocenters.